The van der Waals surface area contributed by atoms with Crippen LogP contribution in [0.5, 0.6) is 0 Å². The van der Waals surface area contributed by atoms with E-state index in [1.165, 1.54) is 63.3 Å². The van der Waals surface area contributed by atoms with Gasteiger partial charge in [0, 0.05) is 368 Å². The molecule has 11 nitrogen and oxygen atoms in total. The molecule has 0 saturated heterocycles. The van der Waals surface area contributed by atoms with Crippen molar-refractivity contribution < 1.29 is 86.3 Å². The van der Waals surface area contributed by atoms with Crippen LogP contribution in [0.3, 0.4) is 0 Å². The van der Waals surface area contributed by atoms with Gasteiger partial charge >= 0.3 is 26.5 Å². The van der Waals surface area contributed by atoms with Gasteiger partial charge in [-0.05, 0) is 81.9 Å². The van der Waals surface area contributed by atoms with Gasteiger partial charge < -0.3 is 33.3 Å². The van der Waals surface area contributed by atoms with Crippen LogP contribution in [0.25, 0.3) is 0 Å². The summed E-state index contributed by atoms with van der Waals surface area (Å²) in [6.07, 6.45) is 0. The molecule has 5 aromatic rings. The highest BCUT2D eigenvalue weighted by molar-refractivity contribution is 9.08. The largest absolute Gasteiger partial charge is 0.394 e. The quantitative estimate of drug-likeness (QED) is 0.0470. The Kier molecular flexibility index (Phi) is 159. The lowest BCUT2D eigenvalue weighted by Crippen LogP contribution is -2.16. The van der Waals surface area contributed by atoms with Crippen LogP contribution in [0.15, 0.2) is 152 Å². The van der Waals surface area contributed by atoms with E-state index >= 15 is 0 Å². The van der Waals surface area contributed by atoms with Crippen molar-refractivity contribution in [1.29, 1.82) is 0 Å². The molecule has 4 N–H and O–H groups in total. The maximum Gasteiger partial charge on any atom is 0.394 e. The zero-order chi connectivity index (χ0) is 108. The highest BCUT2D eigenvalue weighted by Gasteiger charge is 2.44. The van der Waals surface area contributed by atoms with Gasteiger partial charge in [0.05, 0.1) is 0 Å². The molecule has 0 amide bonds. The highest BCUT2D eigenvalue weighted by Crippen LogP contribution is 2.55. The molecule has 0 heterocycles. The van der Waals surface area contributed by atoms with Crippen molar-refractivity contribution in [3.05, 3.63) is 179 Å². The van der Waals surface area contributed by atoms with Crippen LogP contribution in [0, 0.1) is 0 Å². The number of rotatable bonds is 14. The summed E-state index contributed by atoms with van der Waals surface area (Å²) in [6.45, 7) is 52.8. The first kappa shape index (κ1) is 174. The molecule has 60 heteroatoms. The van der Waals surface area contributed by atoms with Crippen LogP contribution in [0.2, 0.25) is 0 Å². The second-order valence-corrected chi connectivity index (χ2v) is 87.3. The van der Waals surface area contributed by atoms with E-state index in [4.69, 9.17) is 64.3 Å². The third-order valence-corrected chi connectivity index (χ3v) is 79.2. The van der Waals surface area contributed by atoms with E-state index in [9.17, 15) is 66.7 Å². The fourth-order valence-corrected chi connectivity index (χ4v) is 73.5. The molecular weight excluding hydrogens is 2540 g/mol. The fourth-order valence-electron chi connectivity index (χ4n) is 4.54. The third kappa shape index (κ3) is 138. The Labute approximate surface area is 911 Å². The maximum atomic E-state index is 12.0. The zero-order valence-electron chi connectivity index (χ0n) is 80.6. The molecule has 0 radical (unpaired) electrons. The Morgan fingerprint density at radius 1 is 0.254 bits per heavy atom. The van der Waals surface area contributed by atoms with Crippen molar-refractivity contribution in [2.24, 2.45) is 0 Å². The normalized spacial score (nSPS) is 9.54. The van der Waals surface area contributed by atoms with Crippen LogP contribution < -0.4 is 0 Å². The van der Waals surface area contributed by atoms with E-state index in [0.29, 0.717) is 20.8 Å². The predicted molar refractivity (Wildman–Crippen MR) is 674 cm³/mol. The Morgan fingerprint density at radius 2 is 0.351 bits per heavy atom. The SMILES string of the molecule is BrCc1ccccc1.C.CC.CC.CC.CC.CC.CC.CC.CC.CC.CC.CC(F)(F)P(=O)(O)O.CC(F)(F)P(=O)(O)O.CC(F)(F)P(C)(C)=O.CC(F)(F)P(C)(C)=O.CC(F)(F)P(C)(C)=O.CN(Cc1ccccc1)Cc1ccccc1.CN(Cc1ccccc1)Cc1ccccc1.S=S=S=S=S=S=S=S=S=S=S=S=S=S=S=S.S=S=S=S=S=S=S=S=S=S=S=S=S=S=S=S=S. The highest BCUT2D eigenvalue weighted by atomic mass is 79.9. The minimum atomic E-state index is -5.18. The summed E-state index contributed by atoms with van der Waals surface area (Å²) in [5, 5.41) is 0.952. The van der Waals surface area contributed by atoms with Crippen LogP contribution in [-0.4, -0.2) is 112 Å². The summed E-state index contributed by atoms with van der Waals surface area (Å²) in [5.74, 6) is 0. The molecule has 5 aromatic carbocycles. The van der Waals surface area contributed by atoms with Crippen LogP contribution in [0.1, 0.15) is 208 Å². The van der Waals surface area contributed by atoms with Crippen molar-refractivity contribution in [3.8, 4) is 0 Å². The lowest BCUT2D eigenvalue weighted by atomic mass is 10.2. The summed E-state index contributed by atoms with van der Waals surface area (Å²) < 4.78 is 168. The van der Waals surface area contributed by atoms with Gasteiger partial charge in [0.1, 0.15) is 21.4 Å². The Morgan fingerprint density at radius 3 is 0.425 bits per heavy atom. The average Bonchev–Trinajstić information content (AvgIpc) is 0.855. The molecular formula is C74H142BrF10N2O9P5S33. The third-order valence-electron chi connectivity index (χ3n) is 10.8. The van der Waals surface area contributed by atoms with Gasteiger partial charge in [0.25, 0.3) is 17.0 Å². The Hall–Kier alpha value is 4.05. The smallest absolute Gasteiger partial charge is 0.320 e. The number of alkyl halides is 11. The number of nitrogens with zero attached hydrogens (tertiary/aromatic N) is 2. The molecule has 0 spiro atoms. The van der Waals surface area contributed by atoms with Crippen LogP contribution in [-0.2, 0) is 357 Å². The van der Waals surface area contributed by atoms with E-state index in [-0.39, 0.29) is 21.3 Å². The lowest BCUT2D eigenvalue weighted by Gasteiger charge is -2.16. The van der Waals surface area contributed by atoms with Gasteiger partial charge in [-0.15, -0.1) is 0 Å². The first-order valence-electron chi connectivity index (χ1n) is 38.8. The molecule has 0 aliphatic carbocycles. The summed E-state index contributed by atoms with van der Waals surface area (Å²) in [7, 11) is 33.3. The molecule has 0 aliphatic heterocycles. The van der Waals surface area contributed by atoms with Gasteiger partial charge in [-0.25, -0.2) is 0 Å². The number of hydrogen-bond acceptors (Lipinski definition) is 11. The summed E-state index contributed by atoms with van der Waals surface area (Å²) in [5.41, 5.74) is -10.0. The van der Waals surface area contributed by atoms with Gasteiger partial charge in [-0.1, -0.05) is 313 Å². The standard InChI is InChI=1S/2C15H17N.C7H7Br.3C4H9F2OP.2C2H5F2O3P.10C2H6.CH4.S17.S16/c2*1-16(12-14-8-4-2-5-9-14)13-15-10-6-3-7-11-15;8-6-7-4-2-1-3-5-7;3*1-4(5,6)8(2,3)7;2*1-2(3,4)8(5,6)7;10*1-2;;1-3-5-7-9-11-13-15-17-16-14-12-10-8-6-4-2;1-3-5-7-9-11-13-15-16-14-12-10-8-6-4-2/h2*2-11H,12-13H2,1H3;1-5H,6H2;3*1-3H3;2*1H3,(H2,5,6,7);10*1-2H3;1H4;;. The Bertz CT molecular complexity index is 4820. The fraction of sp³-hybridized carbons (Fsp3) is 0.595. The topological polar surface area (TPSA) is 173 Å². The first-order chi connectivity index (χ1) is 62.2. The Balaban J connectivity index is -0.0000000817. The molecule has 0 unspecified atom stereocenters. The van der Waals surface area contributed by atoms with E-state index in [1.54, 1.807) is 222 Å². The maximum absolute atomic E-state index is 12.0. The summed E-state index contributed by atoms with van der Waals surface area (Å²) >= 11 is 22.3. The monoisotopic (exact) mass is 2680 g/mol. The van der Waals surface area contributed by atoms with E-state index in [1.807, 2.05) is 157 Å². The predicted octanol–water partition coefficient (Wildman–Crippen LogP) is 28.3. The number of benzene rings is 5. The second-order valence-electron chi connectivity index (χ2n) is 21.2. The van der Waals surface area contributed by atoms with Crippen molar-refractivity contribution in [2.75, 3.05) is 54.1 Å². The zero-order valence-corrected chi connectivity index (χ0v) is 114. The van der Waals surface area contributed by atoms with Crippen LogP contribution in [0.4, 0.5) is 43.9 Å². The molecule has 0 saturated carbocycles. The van der Waals surface area contributed by atoms with E-state index < -0.39 is 64.9 Å². The number of halogens is 11. The van der Waals surface area contributed by atoms with Gasteiger partial charge in [-0.2, -0.15) is 43.9 Å². The number of hydrogen-bond donors (Lipinski definition) is 4. The molecule has 0 aliphatic rings. The molecule has 0 bridgehead atoms. The van der Waals surface area contributed by atoms with Gasteiger partial charge in [-0.3, -0.25) is 18.9 Å². The molecule has 5 rings (SSSR count). The van der Waals surface area contributed by atoms with Crippen LogP contribution >= 0.6 is 52.5 Å². The molecule has 0 fully saturated rings. The van der Waals surface area contributed by atoms with E-state index in [2.05, 4.69) is 173 Å². The second kappa shape index (κ2) is 122. The van der Waals surface area contributed by atoms with Crippen molar-refractivity contribution in [2.45, 2.75) is 240 Å². The van der Waals surface area contributed by atoms with Gasteiger partial charge in [0.2, 0.25) is 0 Å². The van der Waals surface area contributed by atoms with E-state index in [0.717, 1.165) is 71.5 Å². The summed E-state index contributed by atoms with van der Waals surface area (Å²) in [6, 6.07) is 52.6. The van der Waals surface area contributed by atoms with Crippen molar-refractivity contribution in [3.63, 3.8) is 0 Å². The van der Waals surface area contributed by atoms with Gasteiger partial charge in [0.15, 0.2) is 0 Å². The average molecular weight is 2690 g/mol. The van der Waals surface area contributed by atoms with Crippen molar-refractivity contribution >= 4 is 355 Å². The molecule has 802 valence electrons. The minimum absolute atomic E-state index is 0. The minimum Gasteiger partial charge on any atom is -0.320 e. The summed E-state index contributed by atoms with van der Waals surface area (Å²) in [4.78, 5) is 35.5. The molecule has 0 atom stereocenters. The molecule has 0 aromatic heterocycles. The molecule has 134 heavy (non-hydrogen) atoms. The lowest BCUT2D eigenvalue weighted by molar-refractivity contribution is 0.0785. The first-order valence-corrected chi connectivity index (χ1v) is 92.3. The van der Waals surface area contributed by atoms with Crippen molar-refractivity contribution in [1.82, 2.24) is 9.80 Å².